The molecule has 5 atom stereocenters. The number of anilines is 1. The van der Waals surface area contributed by atoms with E-state index in [0.29, 0.717) is 14.8 Å². The number of hydrogen-bond acceptors (Lipinski definition) is 10. The highest BCUT2D eigenvalue weighted by Crippen LogP contribution is 2.30. The van der Waals surface area contributed by atoms with Crippen LogP contribution in [0.15, 0.2) is 33.5 Å². The van der Waals surface area contributed by atoms with Gasteiger partial charge in [0.2, 0.25) is 0 Å². The minimum Gasteiger partial charge on any atom is -0.463 e. The standard InChI is InChI=1S/C22H24INO9/c1-10-19(24-15-6-5-14-7-16(23)22(28)33-17(14)8-15)21(32-13(4)27)20(31-12(3)26)18(30-10)9-29-11(2)25/h5-8,10,18-21,24H,9H2,1-4H3/t10-,18?,19?,20+,21?/m0/s1. The molecule has 0 aliphatic carbocycles. The quantitative estimate of drug-likeness (QED) is 0.238. The topological polar surface area (TPSA) is 130 Å². The summed E-state index contributed by atoms with van der Waals surface area (Å²) >= 11 is 1.91. The van der Waals surface area contributed by atoms with Crippen molar-refractivity contribution in [2.45, 2.75) is 58.2 Å². The lowest BCUT2D eigenvalue weighted by atomic mass is 9.92. The predicted octanol–water partition coefficient (Wildman–Crippen LogP) is 2.39. The molecule has 33 heavy (non-hydrogen) atoms. The van der Waals surface area contributed by atoms with Crippen molar-refractivity contribution in [3.05, 3.63) is 38.3 Å². The number of fused-ring (bicyclic) bond motifs is 1. The molecule has 11 heteroatoms. The van der Waals surface area contributed by atoms with Gasteiger partial charge in [0.05, 0.1) is 15.7 Å². The van der Waals surface area contributed by atoms with E-state index in [1.165, 1.54) is 20.8 Å². The van der Waals surface area contributed by atoms with E-state index in [9.17, 15) is 19.2 Å². The molecule has 1 aliphatic heterocycles. The fourth-order valence-electron chi connectivity index (χ4n) is 3.69. The molecule has 1 N–H and O–H groups in total. The zero-order valence-electron chi connectivity index (χ0n) is 18.5. The highest BCUT2D eigenvalue weighted by molar-refractivity contribution is 14.1. The molecule has 0 radical (unpaired) electrons. The zero-order chi connectivity index (χ0) is 24.3. The normalized spacial score (nSPS) is 24.7. The summed E-state index contributed by atoms with van der Waals surface area (Å²) in [5, 5.41) is 3.98. The van der Waals surface area contributed by atoms with Gasteiger partial charge >= 0.3 is 23.5 Å². The van der Waals surface area contributed by atoms with Crippen LogP contribution in [0, 0.1) is 3.57 Å². The summed E-state index contributed by atoms with van der Waals surface area (Å²) in [6.45, 7) is 5.29. The first-order valence-electron chi connectivity index (χ1n) is 10.2. The molecule has 1 fully saturated rings. The van der Waals surface area contributed by atoms with E-state index >= 15 is 0 Å². The first-order chi connectivity index (χ1) is 15.5. The van der Waals surface area contributed by atoms with Crippen LogP contribution < -0.4 is 10.9 Å². The molecule has 1 aromatic heterocycles. The Balaban J connectivity index is 1.94. The first kappa shape index (κ1) is 25.0. The molecule has 1 aliphatic rings. The average Bonchev–Trinajstić information content (AvgIpc) is 2.71. The Kier molecular flexibility index (Phi) is 7.95. The molecule has 1 aromatic carbocycles. The predicted molar refractivity (Wildman–Crippen MR) is 125 cm³/mol. The summed E-state index contributed by atoms with van der Waals surface area (Å²) in [5.74, 6) is -1.71. The summed E-state index contributed by atoms with van der Waals surface area (Å²) in [6, 6.07) is 6.29. The number of carbonyl (C=O) groups excluding carboxylic acids is 3. The SMILES string of the molecule is CC(=O)OCC1O[C@@H](C)C(Nc2ccc3cc(I)c(=O)oc3c2)C(OC(C)=O)[C@@H]1OC(C)=O. The molecule has 2 heterocycles. The summed E-state index contributed by atoms with van der Waals surface area (Å²) in [6.07, 6.45) is -3.36. The van der Waals surface area contributed by atoms with E-state index in [0.717, 1.165) is 5.39 Å². The fraction of sp³-hybridized carbons (Fsp3) is 0.455. The zero-order valence-corrected chi connectivity index (χ0v) is 20.6. The monoisotopic (exact) mass is 573 g/mol. The van der Waals surface area contributed by atoms with Crippen LogP contribution in [0.4, 0.5) is 5.69 Å². The van der Waals surface area contributed by atoms with E-state index in [-0.39, 0.29) is 6.61 Å². The number of benzene rings is 1. The lowest BCUT2D eigenvalue weighted by molar-refractivity contribution is -0.215. The molecule has 2 aromatic rings. The Labute approximate surface area is 203 Å². The second kappa shape index (κ2) is 10.5. The van der Waals surface area contributed by atoms with Crippen molar-refractivity contribution in [1.29, 1.82) is 0 Å². The van der Waals surface area contributed by atoms with Crippen molar-refractivity contribution in [2.24, 2.45) is 0 Å². The fourth-order valence-corrected chi connectivity index (χ4v) is 4.13. The smallest absolute Gasteiger partial charge is 0.349 e. The van der Waals surface area contributed by atoms with Gasteiger partial charge in [-0.2, -0.15) is 0 Å². The van der Waals surface area contributed by atoms with Gasteiger partial charge in [-0.15, -0.1) is 0 Å². The number of ether oxygens (including phenoxy) is 4. The largest absolute Gasteiger partial charge is 0.463 e. The maximum Gasteiger partial charge on any atom is 0.349 e. The van der Waals surface area contributed by atoms with Gasteiger partial charge < -0.3 is 28.7 Å². The molecule has 0 amide bonds. The van der Waals surface area contributed by atoms with E-state index in [1.807, 2.05) is 22.6 Å². The van der Waals surface area contributed by atoms with Gasteiger partial charge in [0.1, 0.15) is 18.3 Å². The van der Waals surface area contributed by atoms with E-state index in [1.54, 1.807) is 31.2 Å². The Morgan fingerprint density at radius 1 is 1.03 bits per heavy atom. The van der Waals surface area contributed by atoms with Gasteiger partial charge in [0.15, 0.2) is 12.2 Å². The highest BCUT2D eigenvalue weighted by atomic mass is 127. The molecule has 3 unspecified atom stereocenters. The van der Waals surface area contributed by atoms with Crippen LogP contribution in [-0.2, 0) is 33.3 Å². The molecule has 178 valence electrons. The van der Waals surface area contributed by atoms with Crippen LogP contribution in [-0.4, -0.2) is 55.0 Å². The van der Waals surface area contributed by atoms with Gasteiger partial charge in [0.25, 0.3) is 0 Å². The average molecular weight is 573 g/mol. The molecule has 3 rings (SSSR count). The van der Waals surface area contributed by atoms with E-state index in [2.05, 4.69) is 5.32 Å². The lowest BCUT2D eigenvalue weighted by Gasteiger charge is -2.44. The van der Waals surface area contributed by atoms with Crippen LogP contribution in [0.3, 0.4) is 0 Å². The maximum atomic E-state index is 11.9. The Bertz CT molecular complexity index is 1110. The minimum absolute atomic E-state index is 0.179. The third-order valence-electron chi connectivity index (χ3n) is 5.02. The summed E-state index contributed by atoms with van der Waals surface area (Å²) in [4.78, 5) is 46.9. The van der Waals surface area contributed by atoms with Crippen molar-refractivity contribution in [3.63, 3.8) is 0 Å². The van der Waals surface area contributed by atoms with Crippen LogP contribution in [0.5, 0.6) is 0 Å². The third-order valence-corrected chi connectivity index (χ3v) is 5.77. The van der Waals surface area contributed by atoms with Gasteiger partial charge in [-0.05, 0) is 47.7 Å². The van der Waals surface area contributed by atoms with Crippen LogP contribution in [0.2, 0.25) is 0 Å². The second-order valence-electron chi connectivity index (χ2n) is 7.63. The number of hydrogen-bond donors (Lipinski definition) is 1. The van der Waals surface area contributed by atoms with Gasteiger partial charge in [-0.1, -0.05) is 0 Å². The van der Waals surface area contributed by atoms with Crippen LogP contribution >= 0.6 is 22.6 Å². The maximum absolute atomic E-state index is 11.9. The molecular formula is C22H24INO9. The van der Waals surface area contributed by atoms with Crippen molar-refractivity contribution in [2.75, 3.05) is 11.9 Å². The number of esters is 3. The number of rotatable bonds is 6. The van der Waals surface area contributed by atoms with Crippen molar-refractivity contribution < 1.29 is 37.7 Å². The molecule has 0 spiro atoms. The number of nitrogens with one attached hydrogen (secondary N) is 1. The van der Waals surface area contributed by atoms with Crippen LogP contribution in [0.1, 0.15) is 27.7 Å². The van der Waals surface area contributed by atoms with Gasteiger partial charge in [-0.3, -0.25) is 14.4 Å². The molecule has 0 bridgehead atoms. The minimum atomic E-state index is -1.03. The number of carbonyl (C=O) groups is 3. The summed E-state index contributed by atoms with van der Waals surface area (Å²) in [7, 11) is 0. The molecule has 10 nitrogen and oxygen atoms in total. The Morgan fingerprint density at radius 2 is 1.70 bits per heavy atom. The molecule has 1 saturated heterocycles. The highest BCUT2D eigenvalue weighted by Gasteiger charge is 2.48. The van der Waals surface area contributed by atoms with Crippen molar-refractivity contribution in [3.8, 4) is 0 Å². The van der Waals surface area contributed by atoms with Crippen molar-refractivity contribution >= 4 is 57.2 Å². The Morgan fingerprint density at radius 3 is 2.33 bits per heavy atom. The number of halogens is 1. The third kappa shape index (κ3) is 6.22. The molecule has 0 saturated carbocycles. The summed E-state index contributed by atoms with van der Waals surface area (Å²) < 4.78 is 27.8. The van der Waals surface area contributed by atoms with E-state index < -0.39 is 54.0 Å². The van der Waals surface area contributed by atoms with E-state index in [4.69, 9.17) is 23.4 Å². The van der Waals surface area contributed by atoms with Crippen molar-refractivity contribution in [1.82, 2.24) is 0 Å². The summed E-state index contributed by atoms with van der Waals surface area (Å²) in [5.41, 5.74) is 0.503. The second-order valence-corrected chi connectivity index (χ2v) is 8.80. The van der Waals surface area contributed by atoms with Gasteiger partial charge in [-0.25, -0.2) is 4.79 Å². The molecular weight excluding hydrogens is 549 g/mol. The van der Waals surface area contributed by atoms with Crippen LogP contribution in [0.25, 0.3) is 11.0 Å². The lowest BCUT2D eigenvalue weighted by Crippen LogP contribution is -2.62. The Hall–Kier alpha value is -2.67. The van der Waals surface area contributed by atoms with Gasteiger partial charge in [0, 0.05) is 37.9 Å². The first-order valence-corrected chi connectivity index (χ1v) is 11.3.